The topological polar surface area (TPSA) is 49.3 Å². The number of aliphatic hydroxyl groups excluding tert-OH is 1. The molecule has 1 amide bonds. The summed E-state index contributed by atoms with van der Waals surface area (Å²) in [6.45, 7) is 2.48. The molecule has 0 aromatic heterocycles. The summed E-state index contributed by atoms with van der Waals surface area (Å²) in [5.41, 5.74) is 0.651. The van der Waals surface area contributed by atoms with Crippen molar-refractivity contribution in [2.24, 2.45) is 5.92 Å². The SMILES string of the molecule is CC(CO)CNC(=O)c1ccccc1. The molecule has 0 aliphatic carbocycles. The van der Waals surface area contributed by atoms with Crippen molar-refractivity contribution in [3.05, 3.63) is 35.9 Å². The van der Waals surface area contributed by atoms with E-state index in [1.54, 1.807) is 12.1 Å². The highest BCUT2D eigenvalue weighted by atomic mass is 16.3. The molecule has 0 saturated heterocycles. The summed E-state index contributed by atoms with van der Waals surface area (Å²) in [5.74, 6) is 0.00793. The van der Waals surface area contributed by atoms with Gasteiger partial charge in [-0.3, -0.25) is 4.79 Å². The number of hydrogen-bond donors (Lipinski definition) is 2. The molecule has 0 aliphatic rings. The Hall–Kier alpha value is -1.35. The van der Waals surface area contributed by atoms with Crippen molar-refractivity contribution < 1.29 is 9.90 Å². The highest BCUT2D eigenvalue weighted by molar-refractivity contribution is 5.94. The molecular weight excluding hydrogens is 178 g/mol. The minimum Gasteiger partial charge on any atom is -0.396 e. The van der Waals surface area contributed by atoms with Crippen LogP contribution in [-0.2, 0) is 0 Å². The Morgan fingerprint density at radius 3 is 2.64 bits per heavy atom. The highest BCUT2D eigenvalue weighted by Gasteiger charge is 2.05. The molecule has 1 aromatic carbocycles. The third-order valence-electron chi connectivity index (χ3n) is 1.96. The van der Waals surface area contributed by atoms with E-state index in [0.717, 1.165) is 0 Å². The van der Waals surface area contributed by atoms with Crippen LogP contribution in [-0.4, -0.2) is 24.2 Å². The van der Waals surface area contributed by atoms with Gasteiger partial charge >= 0.3 is 0 Å². The van der Waals surface area contributed by atoms with E-state index in [9.17, 15) is 4.79 Å². The number of hydrogen-bond acceptors (Lipinski definition) is 2. The summed E-state index contributed by atoms with van der Waals surface area (Å²) in [6, 6.07) is 9.04. The zero-order chi connectivity index (χ0) is 10.4. The van der Waals surface area contributed by atoms with Crippen LogP contribution in [0.5, 0.6) is 0 Å². The Morgan fingerprint density at radius 1 is 1.43 bits per heavy atom. The number of rotatable bonds is 4. The molecule has 0 heterocycles. The zero-order valence-corrected chi connectivity index (χ0v) is 8.23. The standard InChI is InChI=1S/C11H15NO2/c1-9(8-13)7-12-11(14)10-5-3-2-4-6-10/h2-6,9,13H,7-8H2,1H3,(H,12,14). The summed E-state index contributed by atoms with van der Waals surface area (Å²) >= 11 is 0. The van der Waals surface area contributed by atoms with E-state index in [4.69, 9.17) is 5.11 Å². The Morgan fingerprint density at radius 2 is 2.07 bits per heavy atom. The van der Waals surface area contributed by atoms with Gasteiger partial charge in [-0.1, -0.05) is 25.1 Å². The van der Waals surface area contributed by atoms with E-state index in [-0.39, 0.29) is 18.4 Å². The van der Waals surface area contributed by atoms with E-state index in [0.29, 0.717) is 12.1 Å². The summed E-state index contributed by atoms with van der Waals surface area (Å²) in [6.07, 6.45) is 0. The van der Waals surface area contributed by atoms with Gasteiger partial charge in [0, 0.05) is 18.7 Å². The van der Waals surface area contributed by atoms with E-state index in [2.05, 4.69) is 5.32 Å². The van der Waals surface area contributed by atoms with Crippen molar-refractivity contribution >= 4 is 5.91 Å². The van der Waals surface area contributed by atoms with Crippen molar-refractivity contribution in [3.63, 3.8) is 0 Å². The predicted molar refractivity (Wildman–Crippen MR) is 55.0 cm³/mol. The number of benzene rings is 1. The molecule has 0 bridgehead atoms. The smallest absolute Gasteiger partial charge is 0.251 e. The molecule has 1 unspecified atom stereocenters. The first-order valence-corrected chi connectivity index (χ1v) is 4.68. The van der Waals surface area contributed by atoms with Crippen molar-refractivity contribution in [2.45, 2.75) is 6.92 Å². The van der Waals surface area contributed by atoms with Crippen LogP contribution >= 0.6 is 0 Å². The fourth-order valence-electron chi connectivity index (χ4n) is 1.02. The molecule has 1 atom stereocenters. The maximum atomic E-state index is 11.5. The lowest BCUT2D eigenvalue weighted by atomic mass is 10.2. The molecular formula is C11H15NO2. The van der Waals surface area contributed by atoms with Crippen LogP contribution in [0.3, 0.4) is 0 Å². The Balaban J connectivity index is 2.44. The third-order valence-corrected chi connectivity index (χ3v) is 1.96. The van der Waals surface area contributed by atoms with E-state index < -0.39 is 0 Å². The van der Waals surface area contributed by atoms with Crippen molar-refractivity contribution in [2.75, 3.05) is 13.2 Å². The maximum Gasteiger partial charge on any atom is 0.251 e. The van der Waals surface area contributed by atoms with Crippen molar-refractivity contribution in [1.29, 1.82) is 0 Å². The number of carbonyl (C=O) groups is 1. The van der Waals surface area contributed by atoms with E-state index in [1.165, 1.54) is 0 Å². The van der Waals surface area contributed by atoms with Gasteiger partial charge in [-0.25, -0.2) is 0 Å². The summed E-state index contributed by atoms with van der Waals surface area (Å²) in [5, 5.41) is 11.5. The minimum atomic E-state index is -0.0918. The van der Waals surface area contributed by atoms with Gasteiger partial charge in [-0.05, 0) is 18.1 Å². The molecule has 3 heteroatoms. The van der Waals surface area contributed by atoms with Gasteiger partial charge < -0.3 is 10.4 Å². The quantitative estimate of drug-likeness (QED) is 0.750. The number of carbonyl (C=O) groups excluding carboxylic acids is 1. The Kier molecular flexibility index (Phi) is 4.13. The lowest BCUT2D eigenvalue weighted by molar-refractivity contribution is 0.0942. The number of amides is 1. The second-order valence-corrected chi connectivity index (χ2v) is 3.36. The average molecular weight is 193 g/mol. The Bertz CT molecular complexity index is 285. The molecule has 0 fully saturated rings. The first kappa shape index (κ1) is 10.7. The normalized spacial score (nSPS) is 12.1. The summed E-state index contributed by atoms with van der Waals surface area (Å²) in [7, 11) is 0. The highest BCUT2D eigenvalue weighted by Crippen LogP contribution is 1.98. The minimum absolute atomic E-state index is 0.0918. The van der Waals surface area contributed by atoms with Gasteiger partial charge in [0.15, 0.2) is 0 Å². The van der Waals surface area contributed by atoms with Crippen LogP contribution in [0, 0.1) is 5.92 Å². The van der Waals surface area contributed by atoms with Gasteiger partial charge in [0.1, 0.15) is 0 Å². The van der Waals surface area contributed by atoms with Gasteiger partial charge in [-0.2, -0.15) is 0 Å². The van der Waals surface area contributed by atoms with Crippen LogP contribution < -0.4 is 5.32 Å². The second-order valence-electron chi connectivity index (χ2n) is 3.36. The van der Waals surface area contributed by atoms with Crippen molar-refractivity contribution in [3.8, 4) is 0 Å². The molecule has 1 aromatic rings. The van der Waals surface area contributed by atoms with Crippen molar-refractivity contribution in [1.82, 2.24) is 5.32 Å². The lowest BCUT2D eigenvalue weighted by Gasteiger charge is -2.09. The monoisotopic (exact) mass is 193 g/mol. The Labute approximate surface area is 83.8 Å². The molecule has 0 spiro atoms. The predicted octanol–water partition coefficient (Wildman–Crippen LogP) is 1.04. The second kappa shape index (κ2) is 5.40. The van der Waals surface area contributed by atoms with Crippen LogP contribution in [0.25, 0.3) is 0 Å². The first-order chi connectivity index (χ1) is 6.74. The van der Waals surface area contributed by atoms with E-state index >= 15 is 0 Å². The summed E-state index contributed by atoms with van der Waals surface area (Å²) in [4.78, 5) is 11.5. The van der Waals surface area contributed by atoms with E-state index in [1.807, 2.05) is 25.1 Å². The molecule has 1 rings (SSSR count). The zero-order valence-electron chi connectivity index (χ0n) is 8.23. The number of aliphatic hydroxyl groups is 1. The molecule has 3 nitrogen and oxygen atoms in total. The lowest BCUT2D eigenvalue weighted by Crippen LogP contribution is -2.29. The molecule has 2 N–H and O–H groups in total. The van der Waals surface area contributed by atoms with Gasteiger partial charge in [0.05, 0.1) is 0 Å². The largest absolute Gasteiger partial charge is 0.396 e. The molecule has 0 saturated carbocycles. The summed E-state index contributed by atoms with van der Waals surface area (Å²) < 4.78 is 0. The maximum absolute atomic E-state index is 11.5. The van der Waals surface area contributed by atoms with Crippen LogP contribution in [0.15, 0.2) is 30.3 Å². The average Bonchev–Trinajstić information content (AvgIpc) is 2.26. The first-order valence-electron chi connectivity index (χ1n) is 4.68. The molecule has 76 valence electrons. The van der Waals surface area contributed by atoms with Crippen LogP contribution in [0.4, 0.5) is 0 Å². The van der Waals surface area contributed by atoms with Gasteiger partial charge in [0.25, 0.3) is 5.91 Å². The van der Waals surface area contributed by atoms with Crippen LogP contribution in [0.1, 0.15) is 17.3 Å². The molecule has 14 heavy (non-hydrogen) atoms. The van der Waals surface area contributed by atoms with Gasteiger partial charge in [0.2, 0.25) is 0 Å². The molecule has 0 aliphatic heterocycles. The fourth-order valence-corrected chi connectivity index (χ4v) is 1.02. The number of nitrogens with one attached hydrogen (secondary N) is 1. The van der Waals surface area contributed by atoms with Gasteiger partial charge in [-0.15, -0.1) is 0 Å². The van der Waals surface area contributed by atoms with Crippen LogP contribution in [0.2, 0.25) is 0 Å². The fraction of sp³-hybridized carbons (Fsp3) is 0.364. The third kappa shape index (κ3) is 3.18. The molecule has 0 radical (unpaired) electrons.